The lowest BCUT2D eigenvalue weighted by Crippen LogP contribution is -2.45. The average Bonchev–Trinajstić information content (AvgIpc) is 3.41. The Labute approximate surface area is 263 Å². The number of para-hydroxylation sites is 1. The molecule has 45 heavy (non-hydrogen) atoms. The number of aryl methyl sites for hydroxylation is 1. The second-order valence-electron chi connectivity index (χ2n) is 11.5. The van der Waals surface area contributed by atoms with E-state index in [1.54, 1.807) is 16.7 Å². The lowest BCUT2D eigenvalue weighted by Gasteiger charge is -2.45. The highest BCUT2D eigenvalue weighted by Crippen LogP contribution is 2.59. The molecule has 0 N–H and O–H groups in total. The summed E-state index contributed by atoms with van der Waals surface area (Å²) in [6.45, 7) is 3.12. The molecule has 0 amide bonds. The second kappa shape index (κ2) is 11.8. The maximum atomic E-state index is 13.4. The summed E-state index contributed by atoms with van der Waals surface area (Å²) < 4.78 is 33.6. The molecule has 0 radical (unpaired) electrons. The monoisotopic (exact) mass is 613 g/mol. The molecule has 0 spiro atoms. The van der Waals surface area contributed by atoms with E-state index < -0.39 is 33.3 Å². The second-order valence-corrected chi connectivity index (χ2v) is 13.1. The van der Waals surface area contributed by atoms with Gasteiger partial charge in [0.1, 0.15) is 0 Å². The van der Waals surface area contributed by atoms with Crippen LogP contribution in [0, 0.1) is 35.5 Å². The highest BCUT2D eigenvalue weighted by Gasteiger charge is 2.57. The number of fused-ring (bicyclic) bond motifs is 3. The smallest absolute Gasteiger partial charge is 0.283 e. The molecule has 7 nitrogen and oxygen atoms in total. The van der Waals surface area contributed by atoms with Crippen LogP contribution in [-0.2, 0) is 19.7 Å². The van der Waals surface area contributed by atoms with E-state index in [0.29, 0.717) is 22.2 Å². The SMILES string of the molecule is CC(=O)n1c2c(c3ccccc31)C(C#N)(C#N)[C@@H](CCOS(=O)(=O)c1ccc(C)cc1)[C@H](c1ccccc1)[C@H]2c1ccccc1. The van der Waals surface area contributed by atoms with Crippen LogP contribution in [-0.4, -0.2) is 25.5 Å². The van der Waals surface area contributed by atoms with E-state index in [-0.39, 0.29) is 23.8 Å². The number of hydrogen-bond acceptors (Lipinski definition) is 6. The molecule has 0 saturated carbocycles. The number of aromatic nitrogens is 1. The van der Waals surface area contributed by atoms with Crippen LogP contribution < -0.4 is 0 Å². The summed E-state index contributed by atoms with van der Waals surface area (Å²) >= 11 is 0. The van der Waals surface area contributed by atoms with Crippen molar-refractivity contribution in [3.8, 4) is 12.1 Å². The summed E-state index contributed by atoms with van der Waals surface area (Å²) in [7, 11) is -4.09. The minimum Gasteiger partial charge on any atom is -0.283 e. The number of carbonyl (C=O) groups excluding carboxylic acids is 1. The van der Waals surface area contributed by atoms with Crippen molar-refractivity contribution in [2.24, 2.45) is 5.92 Å². The number of benzene rings is 4. The molecule has 3 atom stereocenters. The fourth-order valence-corrected chi connectivity index (χ4v) is 7.97. The largest absolute Gasteiger partial charge is 0.296 e. The molecular formula is C37H31N3O4S. The summed E-state index contributed by atoms with van der Waals surface area (Å²) in [5.74, 6) is -1.84. The summed E-state index contributed by atoms with van der Waals surface area (Å²) in [6, 6.07) is 37.9. The maximum absolute atomic E-state index is 13.4. The van der Waals surface area contributed by atoms with Gasteiger partial charge in [0.25, 0.3) is 10.1 Å². The molecule has 0 bridgehead atoms. The third kappa shape index (κ3) is 5.03. The predicted octanol–water partition coefficient (Wildman–Crippen LogP) is 7.24. The van der Waals surface area contributed by atoms with Crippen molar-refractivity contribution in [1.29, 1.82) is 10.5 Å². The fraction of sp³-hybridized carbons (Fsp3) is 0.216. The van der Waals surface area contributed by atoms with Gasteiger partial charge in [-0.15, -0.1) is 0 Å². The fourth-order valence-electron chi connectivity index (χ4n) is 7.05. The van der Waals surface area contributed by atoms with Crippen LogP contribution in [0.15, 0.2) is 114 Å². The van der Waals surface area contributed by atoms with Crippen molar-refractivity contribution in [2.75, 3.05) is 6.61 Å². The first kappa shape index (κ1) is 30.0. The zero-order valence-corrected chi connectivity index (χ0v) is 25.7. The topological polar surface area (TPSA) is 113 Å². The lowest BCUT2D eigenvalue weighted by atomic mass is 9.54. The van der Waals surface area contributed by atoms with E-state index in [2.05, 4.69) is 12.1 Å². The van der Waals surface area contributed by atoms with Crippen molar-refractivity contribution >= 4 is 26.9 Å². The molecule has 1 aromatic heterocycles. The minimum absolute atomic E-state index is 0.0390. The Hall–Kier alpha value is -5.02. The quantitative estimate of drug-likeness (QED) is 0.179. The third-order valence-electron chi connectivity index (χ3n) is 8.94. The Kier molecular flexibility index (Phi) is 7.88. The van der Waals surface area contributed by atoms with Crippen molar-refractivity contribution in [2.45, 2.75) is 42.4 Å². The first-order valence-corrected chi connectivity index (χ1v) is 16.2. The van der Waals surface area contributed by atoms with E-state index in [9.17, 15) is 23.7 Å². The molecule has 1 aliphatic rings. The first-order chi connectivity index (χ1) is 21.7. The van der Waals surface area contributed by atoms with Gasteiger partial charge in [-0.05, 0) is 42.7 Å². The number of nitriles is 2. The molecule has 4 aromatic carbocycles. The molecular weight excluding hydrogens is 582 g/mol. The average molecular weight is 614 g/mol. The predicted molar refractivity (Wildman–Crippen MR) is 171 cm³/mol. The Morgan fingerprint density at radius 2 is 1.42 bits per heavy atom. The van der Waals surface area contributed by atoms with Crippen molar-refractivity contribution in [3.63, 3.8) is 0 Å². The minimum atomic E-state index is -4.09. The molecule has 224 valence electrons. The lowest BCUT2D eigenvalue weighted by molar-refractivity contribution is 0.0933. The van der Waals surface area contributed by atoms with Gasteiger partial charge < -0.3 is 0 Å². The van der Waals surface area contributed by atoms with E-state index in [1.807, 2.05) is 91.9 Å². The summed E-state index contributed by atoms with van der Waals surface area (Å²) in [6.07, 6.45) is 0.0914. The zero-order valence-electron chi connectivity index (χ0n) is 24.9. The third-order valence-corrected chi connectivity index (χ3v) is 10.3. The van der Waals surface area contributed by atoms with Crippen LogP contribution >= 0.6 is 0 Å². The molecule has 8 heteroatoms. The Balaban J connectivity index is 1.60. The summed E-state index contributed by atoms with van der Waals surface area (Å²) in [5, 5.41) is 22.7. The van der Waals surface area contributed by atoms with Gasteiger partial charge in [-0.2, -0.15) is 18.9 Å². The van der Waals surface area contributed by atoms with Gasteiger partial charge in [0.15, 0.2) is 5.41 Å². The van der Waals surface area contributed by atoms with Crippen LogP contribution in [0.4, 0.5) is 0 Å². The Morgan fingerprint density at radius 1 is 0.844 bits per heavy atom. The van der Waals surface area contributed by atoms with E-state index >= 15 is 0 Å². The van der Waals surface area contributed by atoms with Gasteiger partial charge in [0.05, 0.1) is 29.2 Å². The normalized spacial score (nSPS) is 18.9. The molecule has 1 aliphatic carbocycles. The van der Waals surface area contributed by atoms with Crippen LogP contribution in [0.25, 0.3) is 10.9 Å². The molecule has 0 aliphatic heterocycles. The Bertz CT molecular complexity index is 2060. The molecule has 0 fully saturated rings. The summed E-state index contributed by atoms with van der Waals surface area (Å²) in [4.78, 5) is 13.5. The number of carbonyl (C=O) groups is 1. The molecule has 1 heterocycles. The highest BCUT2D eigenvalue weighted by molar-refractivity contribution is 7.86. The van der Waals surface area contributed by atoms with Crippen LogP contribution in [0.5, 0.6) is 0 Å². The van der Waals surface area contributed by atoms with Crippen LogP contribution in [0.3, 0.4) is 0 Å². The standard InChI is InChI=1S/C37H31N3O4S/c1-25-17-19-29(20-18-25)45(42,43)44-22-21-31-33(27-11-5-3-6-12-27)34(28-13-7-4-8-14-28)36-35(37(31,23-38)24-39)30-15-9-10-16-32(30)40(36)26(2)41/h3-20,31,33-34H,21-22H2,1-2H3/t31-,33-,34+/m0/s1. The number of rotatable bonds is 7. The van der Waals surface area contributed by atoms with Crippen molar-refractivity contribution in [3.05, 3.63) is 137 Å². The van der Waals surface area contributed by atoms with Gasteiger partial charge in [-0.1, -0.05) is 96.6 Å². The van der Waals surface area contributed by atoms with Gasteiger partial charge in [0, 0.05) is 41.3 Å². The zero-order chi connectivity index (χ0) is 31.8. The maximum Gasteiger partial charge on any atom is 0.296 e. The van der Waals surface area contributed by atoms with E-state index in [4.69, 9.17) is 4.18 Å². The van der Waals surface area contributed by atoms with Gasteiger partial charge in [-0.25, -0.2) is 0 Å². The van der Waals surface area contributed by atoms with Gasteiger partial charge in [-0.3, -0.25) is 13.5 Å². The van der Waals surface area contributed by atoms with E-state index in [0.717, 1.165) is 16.7 Å². The van der Waals surface area contributed by atoms with Crippen molar-refractivity contribution in [1.82, 2.24) is 4.57 Å². The first-order valence-electron chi connectivity index (χ1n) is 14.8. The number of nitrogens with zero attached hydrogens (tertiary/aromatic N) is 3. The van der Waals surface area contributed by atoms with Crippen molar-refractivity contribution < 1.29 is 17.4 Å². The summed E-state index contributed by atoms with van der Waals surface area (Å²) in [5.41, 5.74) is 2.71. The molecule has 6 rings (SSSR count). The van der Waals surface area contributed by atoms with Gasteiger partial charge >= 0.3 is 0 Å². The van der Waals surface area contributed by atoms with Gasteiger partial charge in [0.2, 0.25) is 5.91 Å². The van der Waals surface area contributed by atoms with Crippen LogP contribution in [0.2, 0.25) is 0 Å². The van der Waals surface area contributed by atoms with Crippen LogP contribution in [0.1, 0.15) is 57.9 Å². The Morgan fingerprint density at radius 3 is 2.02 bits per heavy atom. The molecule has 0 saturated heterocycles. The molecule has 5 aromatic rings. The molecule has 0 unspecified atom stereocenters. The number of hydrogen-bond donors (Lipinski definition) is 0. The van der Waals surface area contributed by atoms with E-state index in [1.165, 1.54) is 19.1 Å². The highest BCUT2D eigenvalue weighted by atomic mass is 32.2.